The monoisotopic (exact) mass is 282 g/mol. The second kappa shape index (κ2) is 8.47. The molecule has 5 nitrogen and oxygen atoms in total. The number of aliphatic imine (C=N–C) groups is 1. The van der Waals surface area contributed by atoms with Crippen molar-refractivity contribution in [3.63, 3.8) is 0 Å². The van der Waals surface area contributed by atoms with Crippen LogP contribution in [0.25, 0.3) is 0 Å². The van der Waals surface area contributed by atoms with Crippen molar-refractivity contribution >= 4 is 5.96 Å². The van der Waals surface area contributed by atoms with Crippen LogP contribution in [0.5, 0.6) is 0 Å². The SMILES string of the molecule is CN=C(NCC(C)CN1CCCC1)NCC1CCCO1. The first-order valence-electron chi connectivity index (χ1n) is 8.06. The largest absolute Gasteiger partial charge is 0.376 e. The van der Waals surface area contributed by atoms with Crippen molar-refractivity contribution in [3.05, 3.63) is 0 Å². The average molecular weight is 282 g/mol. The summed E-state index contributed by atoms with van der Waals surface area (Å²) in [4.78, 5) is 6.84. The normalized spacial score (nSPS) is 25.9. The maximum absolute atomic E-state index is 5.61. The van der Waals surface area contributed by atoms with Crippen molar-refractivity contribution in [1.82, 2.24) is 15.5 Å². The van der Waals surface area contributed by atoms with Crippen molar-refractivity contribution in [2.45, 2.75) is 38.7 Å². The molecular formula is C15H30N4O. The molecule has 0 aliphatic carbocycles. The predicted octanol–water partition coefficient (Wildman–Crippen LogP) is 1.06. The number of hydrogen-bond donors (Lipinski definition) is 2. The number of guanidine groups is 1. The Bertz CT molecular complexity index is 296. The van der Waals surface area contributed by atoms with Gasteiger partial charge in [0.25, 0.3) is 0 Å². The smallest absolute Gasteiger partial charge is 0.191 e. The van der Waals surface area contributed by atoms with Gasteiger partial charge in [-0.15, -0.1) is 0 Å². The zero-order valence-corrected chi connectivity index (χ0v) is 13.0. The summed E-state index contributed by atoms with van der Waals surface area (Å²) in [7, 11) is 1.83. The molecule has 0 amide bonds. The van der Waals surface area contributed by atoms with E-state index in [4.69, 9.17) is 4.74 Å². The summed E-state index contributed by atoms with van der Waals surface area (Å²) >= 11 is 0. The van der Waals surface area contributed by atoms with Gasteiger partial charge in [0.05, 0.1) is 6.10 Å². The Kier molecular flexibility index (Phi) is 6.60. The fraction of sp³-hybridized carbons (Fsp3) is 0.933. The van der Waals surface area contributed by atoms with Crippen molar-refractivity contribution < 1.29 is 4.74 Å². The topological polar surface area (TPSA) is 48.9 Å². The van der Waals surface area contributed by atoms with Crippen LogP contribution in [0.2, 0.25) is 0 Å². The molecule has 20 heavy (non-hydrogen) atoms. The highest BCUT2D eigenvalue weighted by Gasteiger charge is 2.17. The number of hydrogen-bond acceptors (Lipinski definition) is 3. The quantitative estimate of drug-likeness (QED) is 0.565. The van der Waals surface area contributed by atoms with Crippen LogP contribution in [-0.4, -0.2) is 63.3 Å². The molecule has 2 atom stereocenters. The number of ether oxygens (including phenoxy) is 1. The molecule has 0 bridgehead atoms. The molecule has 2 saturated heterocycles. The summed E-state index contributed by atoms with van der Waals surface area (Å²) in [5.74, 6) is 1.54. The minimum absolute atomic E-state index is 0.357. The summed E-state index contributed by atoms with van der Waals surface area (Å²) < 4.78 is 5.61. The molecule has 0 saturated carbocycles. The zero-order valence-electron chi connectivity index (χ0n) is 13.0. The Balaban J connectivity index is 1.59. The third-order valence-corrected chi connectivity index (χ3v) is 4.13. The maximum atomic E-state index is 5.61. The van der Waals surface area contributed by atoms with Gasteiger partial charge in [0.1, 0.15) is 0 Å². The van der Waals surface area contributed by atoms with Gasteiger partial charge in [0.15, 0.2) is 5.96 Å². The van der Waals surface area contributed by atoms with Gasteiger partial charge in [0, 0.05) is 33.3 Å². The summed E-state index contributed by atoms with van der Waals surface area (Å²) in [5.41, 5.74) is 0. The van der Waals surface area contributed by atoms with Crippen LogP contribution < -0.4 is 10.6 Å². The van der Waals surface area contributed by atoms with E-state index < -0.39 is 0 Å². The first kappa shape index (κ1) is 15.6. The van der Waals surface area contributed by atoms with Gasteiger partial charge >= 0.3 is 0 Å². The molecule has 5 heteroatoms. The van der Waals surface area contributed by atoms with E-state index in [1.807, 2.05) is 7.05 Å². The van der Waals surface area contributed by atoms with E-state index in [1.54, 1.807) is 0 Å². The number of likely N-dealkylation sites (tertiary alicyclic amines) is 1. The lowest BCUT2D eigenvalue weighted by atomic mass is 10.1. The van der Waals surface area contributed by atoms with Crippen molar-refractivity contribution in [2.24, 2.45) is 10.9 Å². The second-order valence-corrected chi connectivity index (χ2v) is 6.08. The summed E-state index contributed by atoms with van der Waals surface area (Å²) in [6.45, 7) is 8.79. The van der Waals surface area contributed by atoms with Crippen LogP contribution in [0.1, 0.15) is 32.6 Å². The van der Waals surface area contributed by atoms with E-state index in [-0.39, 0.29) is 0 Å². The first-order chi connectivity index (χ1) is 9.78. The van der Waals surface area contributed by atoms with E-state index in [9.17, 15) is 0 Å². The summed E-state index contributed by atoms with van der Waals surface area (Å²) in [5, 5.41) is 6.78. The van der Waals surface area contributed by atoms with Gasteiger partial charge in [-0.3, -0.25) is 4.99 Å². The number of rotatable bonds is 6. The molecule has 2 rings (SSSR count). The fourth-order valence-electron chi connectivity index (χ4n) is 2.98. The second-order valence-electron chi connectivity index (χ2n) is 6.08. The highest BCUT2D eigenvalue weighted by atomic mass is 16.5. The highest BCUT2D eigenvalue weighted by molar-refractivity contribution is 5.79. The standard InChI is InChI=1S/C15H30N4O/c1-13(12-19-7-3-4-8-19)10-17-15(16-2)18-11-14-6-5-9-20-14/h13-14H,3-12H2,1-2H3,(H2,16,17,18). The lowest BCUT2D eigenvalue weighted by Crippen LogP contribution is -2.43. The van der Waals surface area contributed by atoms with Gasteiger partial charge < -0.3 is 20.3 Å². The first-order valence-corrected chi connectivity index (χ1v) is 8.06. The van der Waals surface area contributed by atoms with Gasteiger partial charge in [-0.05, 0) is 44.7 Å². The molecule has 2 aliphatic rings. The van der Waals surface area contributed by atoms with Crippen LogP contribution >= 0.6 is 0 Å². The molecule has 0 radical (unpaired) electrons. The molecule has 2 N–H and O–H groups in total. The van der Waals surface area contributed by atoms with E-state index in [0.717, 1.165) is 32.1 Å². The Morgan fingerprint density at radius 2 is 2.10 bits per heavy atom. The molecule has 2 heterocycles. The minimum Gasteiger partial charge on any atom is -0.376 e. The van der Waals surface area contributed by atoms with Gasteiger partial charge in [-0.2, -0.15) is 0 Å². The van der Waals surface area contributed by atoms with E-state index in [1.165, 1.54) is 38.9 Å². The molecule has 0 spiro atoms. The lowest BCUT2D eigenvalue weighted by molar-refractivity contribution is 0.113. The van der Waals surface area contributed by atoms with Gasteiger partial charge in [0.2, 0.25) is 0 Å². The van der Waals surface area contributed by atoms with E-state index in [2.05, 4.69) is 27.4 Å². The molecular weight excluding hydrogens is 252 g/mol. The minimum atomic E-state index is 0.357. The number of nitrogens with zero attached hydrogens (tertiary/aromatic N) is 2. The molecule has 116 valence electrons. The highest BCUT2D eigenvalue weighted by Crippen LogP contribution is 2.11. The van der Waals surface area contributed by atoms with Crippen LogP contribution in [-0.2, 0) is 4.74 Å². The Hall–Kier alpha value is -0.810. The third-order valence-electron chi connectivity index (χ3n) is 4.13. The molecule has 2 aliphatic heterocycles. The van der Waals surface area contributed by atoms with E-state index in [0.29, 0.717) is 12.0 Å². The Morgan fingerprint density at radius 1 is 1.30 bits per heavy atom. The molecule has 2 unspecified atom stereocenters. The fourth-order valence-corrected chi connectivity index (χ4v) is 2.98. The van der Waals surface area contributed by atoms with Gasteiger partial charge in [-0.25, -0.2) is 0 Å². The van der Waals surface area contributed by atoms with Crippen LogP contribution in [0.3, 0.4) is 0 Å². The lowest BCUT2D eigenvalue weighted by Gasteiger charge is -2.22. The van der Waals surface area contributed by atoms with Crippen LogP contribution in [0, 0.1) is 5.92 Å². The van der Waals surface area contributed by atoms with Crippen molar-refractivity contribution in [1.29, 1.82) is 0 Å². The van der Waals surface area contributed by atoms with Crippen LogP contribution in [0.4, 0.5) is 0 Å². The summed E-state index contributed by atoms with van der Waals surface area (Å²) in [6, 6.07) is 0. The zero-order chi connectivity index (χ0) is 14.2. The third kappa shape index (κ3) is 5.29. The average Bonchev–Trinajstić information content (AvgIpc) is 3.12. The number of nitrogens with one attached hydrogen (secondary N) is 2. The molecule has 0 aromatic rings. The van der Waals surface area contributed by atoms with Crippen LogP contribution in [0.15, 0.2) is 4.99 Å². The van der Waals surface area contributed by atoms with E-state index >= 15 is 0 Å². The van der Waals surface area contributed by atoms with Crippen molar-refractivity contribution in [3.8, 4) is 0 Å². The molecule has 2 fully saturated rings. The summed E-state index contributed by atoms with van der Waals surface area (Å²) in [6.07, 6.45) is 5.44. The Labute approximate surface area is 123 Å². The van der Waals surface area contributed by atoms with Crippen molar-refractivity contribution in [2.75, 3.05) is 46.4 Å². The predicted molar refractivity (Wildman–Crippen MR) is 83.2 cm³/mol. The Morgan fingerprint density at radius 3 is 2.75 bits per heavy atom. The molecule has 0 aromatic carbocycles. The molecule has 0 aromatic heterocycles. The maximum Gasteiger partial charge on any atom is 0.191 e. The van der Waals surface area contributed by atoms with Gasteiger partial charge in [-0.1, -0.05) is 6.92 Å².